The van der Waals surface area contributed by atoms with Gasteiger partial charge in [0.25, 0.3) is 10.2 Å². The topological polar surface area (TPSA) is 70.2 Å². The molecule has 1 aromatic rings. The quantitative estimate of drug-likeness (QED) is 0.753. The van der Waals surface area contributed by atoms with E-state index in [1.807, 2.05) is 18.2 Å². The molecule has 0 unspecified atom stereocenters. The summed E-state index contributed by atoms with van der Waals surface area (Å²) in [6.45, 7) is 1.70. The molecule has 3 rings (SSSR count). The summed E-state index contributed by atoms with van der Waals surface area (Å²) < 4.78 is 29.1. The van der Waals surface area contributed by atoms with Crippen LogP contribution in [-0.2, 0) is 23.2 Å². The van der Waals surface area contributed by atoms with Crippen molar-refractivity contribution < 1.29 is 8.42 Å². The van der Waals surface area contributed by atoms with Gasteiger partial charge in [-0.2, -0.15) is 13.1 Å². The molecule has 1 saturated carbocycles. The highest BCUT2D eigenvalue weighted by atomic mass is 32.2. The van der Waals surface area contributed by atoms with Crippen LogP contribution in [-0.4, -0.2) is 21.0 Å². The summed E-state index contributed by atoms with van der Waals surface area (Å²) in [6.07, 6.45) is 2.74. The van der Waals surface area contributed by atoms with Crippen molar-refractivity contribution in [2.24, 2.45) is 0 Å². The molecule has 0 amide bonds. The van der Waals surface area contributed by atoms with E-state index in [4.69, 9.17) is 0 Å². The minimum absolute atomic E-state index is 0.128. The summed E-state index contributed by atoms with van der Waals surface area (Å²) >= 11 is 0. The van der Waals surface area contributed by atoms with Crippen LogP contribution in [0.25, 0.3) is 0 Å². The van der Waals surface area contributed by atoms with Crippen LogP contribution >= 0.6 is 0 Å². The van der Waals surface area contributed by atoms with Crippen molar-refractivity contribution in [1.82, 2.24) is 10.0 Å². The highest BCUT2D eigenvalue weighted by Gasteiger charge is 2.27. The molecule has 0 atom stereocenters. The van der Waals surface area contributed by atoms with Gasteiger partial charge in [-0.15, -0.1) is 0 Å². The molecule has 0 radical (unpaired) electrons. The molecule has 0 bridgehead atoms. The molecule has 1 fully saturated rings. The molecule has 2 aliphatic rings. The first-order chi connectivity index (χ1) is 8.64. The molecule has 0 spiro atoms. The highest BCUT2D eigenvalue weighted by Crippen LogP contribution is 2.25. The van der Waals surface area contributed by atoms with Crippen molar-refractivity contribution in [3.05, 3.63) is 29.3 Å². The number of anilines is 1. The Morgan fingerprint density at radius 2 is 2.11 bits per heavy atom. The van der Waals surface area contributed by atoms with E-state index < -0.39 is 10.2 Å². The van der Waals surface area contributed by atoms with E-state index in [-0.39, 0.29) is 6.04 Å². The van der Waals surface area contributed by atoms with E-state index in [1.165, 1.54) is 5.56 Å². The molecule has 5 nitrogen and oxygen atoms in total. The summed E-state index contributed by atoms with van der Waals surface area (Å²) in [5.74, 6) is 0. The number of fused-ring (bicyclic) bond motifs is 1. The maximum atomic E-state index is 11.9. The van der Waals surface area contributed by atoms with Gasteiger partial charge in [0, 0.05) is 12.6 Å². The van der Waals surface area contributed by atoms with E-state index in [2.05, 4.69) is 14.8 Å². The average Bonchev–Trinajstić information content (AvgIpc) is 3.12. The van der Waals surface area contributed by atoms with Crippen LogP contribution in [0.5, 0.6) is 0 Å². The van der Waals surface area contributed by atoms with Gasteiger partial charge in [0.2, 0.25) is 0 Å². The Kier molecular flexibility index (Phi) is 3.01. The standard InChI is InChI=1S/C12H17N3O2S/c16-18(17,14-10-4-5-10)15-12-3-1-2-9-8-13-7-6-11(9)12/h1-3,10,13-15H,4-8H2. The summed E-state index contributed by atoms with van der Waals surface area (Å²) in [5, 5.41) is 3.28. The van der Waals surface area contributed by atoms with Gasteiger partial charge in [-0.25, -0.2) is 0 Å². The zero-order valence-corrected chi connectivity index (χ0v) is 10.9. The first-order valence-corrected chi connectivity index (χ1v) is 7.74. The smallest absolute Gasteiger partial charge is 0.299 e. The second-order valence-corrected chi connectivity index (χ2v) is 6.31. The molecule has 0 aromatic heterocycles. The molecule has 0 saturated heterocycles. The lowest BCUT2D eigenvalue weighted by molar-refractivity contribution is 0.586. The number of nitrogens with one attached hydrogen (secondary N) is 3. The van der Waals surface area contributed by atoms with Crippen LogP contribution in [0.1, 0.15) is 24.0 Å². The number of rotatable bonds is 4. The van der Waals surface area contributed by atoms with Gasteiger partial charge in [0.15, 0.2) is 0 Å². The summed E-state index contributed by atoms with van der Waals surface area (Å²) in [6, 6.07) is 5.88. The molecular formula is C12H17N3O2S. The van der Waals surface area contributed by atoms with E-state index in [0.717, 1.165) is 37.9 Å². The second kappa shape index (κ2) is 4.53. The number of hydrogen-bond acceptors (Lipinski definition) is 3. The van der Waals surface area contributed by atoms with Gasteiger partial charge >= 0.3 is 0 Å². The van der Waals surface area contributed by atoms with Gasteiger partial charge in [0.1, 0.15) is 0 Å². The first-order valence-electron chi connectivity index (χ1n) is 6.25. The minimum Gasteiger partial charge on any atom is -0.312 e. The molecule has 98 valence electrons. The van der Waals surface area contributed by atoms with Gasteiger partial charge < -0.3 is 5.32 Å². The Hall–Kier alpha value is -1.11. The van der Waals surface area contributed by atoms with Crippen LogP contribution in [0.15, 0.2) is 18.2 Å². The van der Waals surface area contributed by atoms with E-state index >= 15 is 0 Å². The fourth-order valence-electron chi connectivity index (χ4n) is 2.22. The molecule has 1 aromatic carbocycles. The molecule has 3 N–H and O–H groups in total. The van der Waals surface area contributed by atoms with Gasteiger partial charge in [0.05, 0.1) is 5.69 Å². The van der Waals surface area contributed by atoms with E-state index in [0.29, 0.717) is 5.69 Å². The normalized spacial score (nSPS) is 19.3. The minimum atomic E-state index is -3.43. The van der Waals surface area contributed by atoms with Crippen LogP contribution in [0, 0.1) is 0 Å². The van der Waals surface area contributed by atoms with Crippen LogP contribution in [0.2, 0.25) is 0 Å². The van der Waals surface area contributed by atoms with Crippen molar-refractivity contribution in [1.29, 1.82) is 0 Å². The highest BCUT2D eigenvalue weighted by molar-refractivity contribution is 7.90. The Morgan fingerprint density at radius 3 is 2.89 bits per heavy atom. The van der Waals surface area contributed by atoms with Crippen LogP contribution in [0.3, 0.4) is 0 Å². The number of benzene rings is 1. The Morgan fingerprint density at radius 1 is 1.28 bits per heavy atom. The molecule has 18 heavy (non-hydrogen) atoms. The number of hydrogen-bond donors (Lipinski definition) is 3. The fourth-order valence-corrected chi connectivity index (χ4v) is 3.44. The maximum Gasteiger partial charge on any atom is 0.299 e. The Bertz CT molecular complexity index is 552. The molecular weight excluding hydrogens is 250 g/mol. The SMILES string of the molecule is O=S(=O)(Nc1cccc2c1CCNC2)NC1CC1. The Balaban J connectivity index is 1.83. The lowest BCUT2D eigenvalue weighted by atomic mass is 9.99. The largest absolute Gasteiger partial charge is 0.312 e. The first kappa shape index (κ1) is 12.0. The van der Waals surface area contributed by atoms with Gasteiger partial charge in [-0.05, 0) is 43.0 Å². The molecule has 6 heteroatoms. The van der Waals surface area contributed by atoms with E-state index in [1.54, 1.807) is 0 Å². The predicted octanol–water partition coefficient (Wildman–Crippen LogP) is 0.741. The molecule has 1 heterocycles. The van der Waals surface area contributed by atoms with Crippen molar-refractivity contribution in [2.75, 3.05) is 11.3 Å². The van der Waals surface area contributed by atoms with Crippen molar-refractivity contribution in [3.63, 3.8) is 0 Å². The summed E-state index contributed by atoms with van der Waals surface area (Å²) in [4.78, 5) is 0. The van der Waals surface area contributed by atoms with Crippen molar-refractivity contribution >= 4 is 15.9 Å². The van der Waals surface area contributed by atoms with Crippen LogP contribution < -0.4 is 14.8 Å². The van der Waals surface area contributed by atoms with Gasteiger partial charge in [-0.3, -0.25) is 4.72 Å². The summed E-state index contributed by atoms with van der Waals surface area (Å²) in [5.41, 5.74) is 2.99. The monoisotopic (exact) mass is 267 g/mol. The average molecular weight is 267 g/mol. The van der Waals surface area contributed by atoms with Crippen molar-refractivity contribution in [2.45, 2.75) is 31.8 Å². The third-order valence-corrected chi connectivity index (χ3v) is 4.42. The van der Waals surface area contributed by atoms with Crippen LogP contribution in [0.4, 0.5) is 5.69 Å². The lowest BCUT2D eigenvalue weighted by Crippen LogP contribution is -2.33. The zero-order chi connectivity index (χ0) is 12.6. The zero-order valence-electron chi connectivity index (χ0n) is 10.1. The Labute approximate surface area is 107 Å². The molecule has 1 aliphatic heterocycles. The fraction of sp³-hybridized carbons (Fsp3) is 0.500. The maximum absolute atomic E-state index is 11.9. The van der Waals surface area contributed by atoms with Crippen molar-refractivity contribution in [3.8, 4) is 0 Å². The van der Waals surface area contributed by atoms with Gasteiger partial charge in [-0.1, -0.05) is 12.1 Å². The lowest BCUT2D eigenvalue weighted by Gasteiger charge is -2.21. The third-order valence-electron chi connectivity index (χ3n) is 3.28. The predicted molar refractivity (Wildman–Crippen MR) is 70.6 cm³/mol. The second-order valence-electron chi connectivity index (χ2n) is 4.87. The third kappa shape index (κ3) is 2.66. The van der Waals surface area contributed by atoms with E-state index in [9.17, 15) is 8.42 Å². The molecule has 1 aliphatic carbocycles. The summed E-state index contributed by atoms with van der Waals surface area (Å²) in [7, 11) is -3.43.